The van der Waals surface area contributed by atoms with Gasteiger partial charge in [-0.25, -0.2) is 0 Å². The van der Waals surface area contributed by atoms with Crippen LogP contribution in [0.3, 0.4) is 0 Å². The second-order valence-corrected chi connectivity index (χ2v) is 9.69. The highest BCUT2D eigenvalue weighted by Crippen LogP contribution is 2.34. The number of rotatable bonds is 6. The molecule has 41 heavy (non-hydrogen) atoms. The lowest BCUT2D eigenvalue weighted by atomic mass is 9.98. The summed E-state index contributed by atoms with van der Waals surface area (Å²) in [4.78, 5) is 54.5. The fourth-order valence-electron chi connectivity index (χ4n) is 4.81. The number of hydrogen-bond donors (Lipinski definition) is 1. The van der Waals surface area contributed by atoms with E-state index in [0.29, 0.717) is 28.2 Å². The van der Waals surface area contributed by atoms with Gasteiger partial charge in [0, 0.05) is 29.8 Å². The SMILES string of the molecule is COC(=O)CN1C(=O)CCN(C(=O)c2ccc(NC(=O)c3ccccc3-c3ccc(C)cc3)cc2)c2ccccc21. The molecule has 1 aliphatic rings. The van der Waals surface area contributed by atoms with E-state index in [4.69, 9.17) is 4.74 Å². The van der Waals surface area contributed by atoms with Crippen LogP contribution >= 0.6 is 0 Å². The number of amides is 3. The first kappa shape index (κ1) is 27.3. The number of carbonyl (C=O) groups excluding carboxylic acids is 4. The van der Waals surface area contributed by atoms with Gasteiger partial charge < -0.3 is 15.0 Å². The summed E-state index contributed by atoms with van der Waals surface area (Å²) >= 11 is 0. The van der Waals surface area contributed by atoms with Gasteiger partial charge in [0.05, 0.1) is 18.5 Å². The van der Waals surface area contributed by atoms with Crippen LogP contribution in [0.25, 0.3) is 11.1 Å². The smallest absolute Gasteiger partial charge is 0.325 e. The van der Waals surface area contributed by atoms with Crippen LogP contribution in [0.4, 0.5) is 17.1 Å². The van der Waals surface area contributed by atoms with Crippen molar-refractivity contribution in [1.29, 1.82) is 0 Å². The number of anilines is 3. The van der Waals surface area contributed by atoms with Crippen LogP contribution in [0.15, 0.2) is 97.1 Å². The second-order valence-electron chi connectivity index (χ2n) is 9.69. The average Bonchev–Trinajstić information content (AvgIpc) is 3.13. The van der Waals surface area contributed by atoms with E-state index < -0.39 is 5.97 Å². The quantitative estimate of drug-likeness (QED) is 0.323. The first-order valence-corrected chi connectivity index (χ1v) is 13.2. The summed E-state index contributed by atoms with van der Waals surface area (Å²) in [5, 5.41) is 2.93. The number of aryl methyl sites for hydroxylation is 1. The summed E-state index contributed by atoms with van der Waals surface area (Å²) in [6.07, 6.45) is 0.0476. The third kappa shape index (κ3) is 5.86. The van der Waals surface area contributed by atoms with Crippen LogP contribution < -0.4 is 15.1 Å². The van der Waals surface area contributed by atoms with E-state index in [-0.39, 0.29) is 37.2 Å². The van der Waals surface area contributed by atoms with Gasteiger partial charge in [0.25, 0.3) is 11.8 Å². The molecule has 3 amide bonds. The van der Waals surface area contributed by atoms with Crippen LogP contribution in [0.2, 0.25) is 0 Å². The lowest BCUT2D eigenvalue weighted by molar-refractivity contribution is -0.140. The van der Waals surface area contributed by atoms with E-state index in [1.165, 1.54) is 16.9 Å². The molecule has 4 aromatic rings. The number of carbonyl (C=O) groups is 4. The lowest BCUT2D eigenvalue weighted by Gasteiger charge is -2.25. The third-order valence-electron chi connectivity index (χ3n) is 7.00. The molecule has 206 valence electrons. The monoisotopic (exact) mass is 547 g/mol. The van der Waals surface area contributed by atoms with Crippen molar-refractivity contribution in [1.82, 2.24) is 0 Å². The molecule has 0 fully saturated rings. The molecule has 8 heteroatoms. The number of nitrogens with zero attached hydrogens (tertiary/aromatic N) is 2. The summed E-state index contributed by atoms with van der Waals surface area (Å²) in [6.45, 7) is 1.93. The highest BCUT2D eigenvalue weighted by Gasteiger charge is 2.31. The van der Waals surface area contributed by atoms with E-state index in [1.807, 2.05) is 49.4 Å². The molecule has 4 aromatic carbocycles. The largest absolute Gasteiger partial charge is 0.468 e. The topological polar surface area (TPSA) is 96.0 Å². The Morgan fingerprint density at radius 2 is 1.49 bits per heavy atom. The maximum atomic E-state index is 13.6. The molecule has 1 heterocycles. The number of hydrogen-bond acceptors (Lipinski definition) is 5. The summed E-state index contributed by atoms with van der Waals surface area (Å²) in [5.41, 5.74) is 5.38. The summed E-state index contributed by atoms with van der Waals surface area (Å²) in [6, 6.07) is 29.0. The fourth-order valence-corrected chi connectivity index (χ4v) is 4.81. The van der Waals surface area contributed by atoms with Gasteiger partial charge in [0.2, 0.25) is 5.91 Å². The number of ether oxygens (including phenoxy) is 1. The molecule has 0 unspecified atom stereocenters. The van der Waals surface area contributed by atoms with Gasteiger partial charge in [0.15, 0.2) is 0 Å². The Hall–Kier alpha value is -5.24. The van der Waals surface area contributed by atoms with Gasteiger partial charge >= 0.3 is 5.97 Å². The molecule has 0 bridgehead atoms. The zero-order valence-corrected chi connectivity index (χ0v) is 22.8. The molecule has 0 spiro atoms. The Morgan fingerprint density at radius 1 is 0.829 bits per heavy atom. The number of methoxy groups -OCH3 is 1. The van der Waals surface area contributed by atoms with E-state index in [1.54, 1.807) is 54.6 Å². The first-order valence-electron chi connectivity index (χ1n) is 13.2. The van der Waals surface area contributed by atoms with E-state index >= 15 is 0 Å². The molecule has 1 aliphatic heterocycles. The molecule has 0 aromatic heterocycles. The molecular weight excluding hydrogens is 518 g/mol. The molecular formula is C33H29N3O5. The van der Waals surface area contributed by atoms with Gasteiger partial charge in [-0.15, -0.1) is 0 Å². The molecule has 5 rings (SSSR count). The Morgan fingerprint density at radius 3 is 2.20 bits per heavy atom. The van der Waals surface area contributed by atoms with E-state index in [0.717, 1.165) is 16.7 Å². The number of fused-ring (bicyclic) bond motifs is 1. The van der Waals surface area contributed by atoms with Gasteiger partial charge in [0.1, 0.15) is 6.54 Å². The Balaban J connectivity index is 1.35. The van der Waals surface area contributed by atoms with Gasteiger partial charge in [-0.1, -0.05) is 60.2 Å². The summed E-state index contributed by atoms with van der Waals surface area (Å²) in [5.74, 6) is -1.38. The number of esters is 1. The maximum Gasteiger partial charge on any atom is 0.325 e. The molecule has 0 saturated carbocycles. The van der Waals surface area contributed by atoms with Crippen molar-refractivity contribution in [3.63, 3.8) is 0 Å². The van der Waals surface area contributed by atoms with Crippen LogP contribution in [0, 0.1) is 6.92 Å². The predicted molar refractivity (Wildman–Crippen MR) is 158 cm³/mol. The fraction of sp³-hybridized carbons (Fsp3) is 0.152. The zero-order valence-electron chi connectivity index (χ0n) is 22.8. The van der Waals surface area contributed by atoms with Crippen molar-refractivity contribution < 1.29 is 23.9 Å². The molecule has 0 atom stereocenters. The number of benzene rings is 4. The van der Waals surface area contributed by atoms with Crippen molar-refractivity contribution in [3.8, 4) is 11.1 Å². The summed E-state index contributed by atoms with van der Waals surface area (Å²) < 4.78 is 4.76. The van der Waals surface area contributed by atoms with Crippen LogP contribution in [0.5, 0.6) is 0 Å². The minimum atomic E-state index is -0.549. The number of nitrogens with one attached hydrogen (secondary N) is 1. The predicted octanol–water partition coefficient (Wildman–Crippen LogP) is 5.47. The Bertz CT molecular complexity index is 1610. The minimum absolute atomic E-state index is 0.0476. The van der Waals surface area contributed by atoms with E-state index in [2.05, 4.69) is 5.32 Å². The van der Waals surface area contributed by atoms with Gasteiger partial charge in [-0.05, 0) is 60.5 Å². The molecule has 1 N–H and O–H groups in total. The molecule has 0 aliphatic carbocycles. The molecule has 0 radical (unpaired) electrons. The van der Waals surface area contributed by atoms with E-state index in [9.17, 15) is 19.2 Å². The number of para-hydroxylation sites is 2. The van der Waals surface area contributed by atoms with Crippen LogP contribution in [0.1, 0.15) is 32.7 Å². The normalized spacial score (nSPS) is 12.8. The van der Waals surface area contributed by atoms with Crippen molar-refractivity contribution in [2.24, 2.45) is 0 Å². The lowest BCUT2D eigenvalue weighted by Crippen LogP contribution is -2.35. The molecule has 8 nitrogen and oxygen atoms in total. The highest BCUT2D eigenvalue weighted by atomic mass is 16.5. The standard InChI is InChI=1S/C33H29N3O5/c1-22-11-13-23(14-12-22)26-7-3-4-8-27(26)32(39)34-25-17-15-24(16-18-25)33(40)35-20-19-30(37)36(21-31(38)41-2)29-10-6-5-9-28(29)35/h3-18H,19-21H2,1-2H3,(H,34,39). The van der Waals surface area contributed by atoms with Crippen molar-refractivity contribution in [2.75, 3.05) is 35.3 Å². The minimum Gasteiger partial charge on any atom is -0.468 e. The van der Waals surface area contributed by atoms with Crippen molar-refractivity contribution in [3.05, 3.63) is 114 Å². The second kappa shape index (κ2) is 11.9. The van der Waals surface area contributed by atoms with Crippen molar-refractivity contribution in [2.45, 2.75) is 13.3 Å². The van der Waals surface area contributed by atoms with Gasteiger partial charge in [-0.3, -0.25) is 24.1 Å². The highest BCUT2D eigenvalue weighted by molar-refractivity contribution is 6.12. The van der Waals surface area contributed by atoms with Gasteiger partial charge in [-0.2, -0.15) is 0 Å². The third-order valence-corrected chi connectivity index (χ3v) is 7.00. The summed E-state index contributed by atoms with van der Waals surface area (Å²) in [7, 11) is 1.27. The average molecular weight is 548 g/mol. The Kier molecular flexibility index (Phi) is 7.92. The zero-order chi connectivity index (χ0) is 28.9. The van der Waals surface area contributed by atoms with Crippen molar-refractivity contribution >= 4 is 40.8 Å². The Labute approximate surface area is 238 Å². The van der Waals surface area contributed by atoms with Crippen LogP contribution in [-0.2, 0) is 14.3 Å². The van der Waals surface area contributed by atoms with Crippen LogP contribution in [-0.4, -0.2) is 43.9 Å². The molecule has 0 saturated heterocycles. The first-order chi connectivity index (χ1) is 19.9. The maximum absolute atomic E-state index is 13.6.